The topological polar surface area (TPSA) is 41.1 Å². The molecule has 0 saturated carbocycles. The molecule has 0 radical (unpaired) electrons. The fourth-order valence-electron chi connectivity index (χ4n) is 2.52. The summed E-state index contributed by atoms with van der Waals surface area (Å²) in [5.74, 6) is -0.331. The smallest absolute Gasteiger partial charge is 0.230 e. The molecule has 1 amide bonds. The minimum Gasteiger partial charge on any atom is -0.326 e. The first-order chi connectivity index (χ1) is 9.41. The van der Waals surface area contributed by atoms with E-state index in [4.69, 9.17) is 11.6 Å². The van der Waals surface area contributed by atoms with Gasteiger partial charge in [0.05, 0.1) is 5.02 Å². The van der Waals surface area contributed by atoms with Gasteiger partial charge in [-0.05, 0) is 50.0 Å². The van der Waals surface area contributed by atoms with E-state index in [2.05, 4.69) is 10.6 Å². The number of carbonyl (C=O) groups excluding carboxylic acids is 1. The number of carbonyl (C=O) groups is 1. The van der Waals surface area contributed by atoms with Crippen LogP contribution in [-0.2, 0) is 4.79 Å². The molecule has 1 saturated heterocycles. The molecule has 110 valence electrons. The van der Waals surface area contributed by atoms with E-state index in [9.17, 15) is 9.18 Å². The molecule has 5 heteroatoms. The molecule has 1 fully saturated rings. The van der Waals surface area contributed by atoms with Gasteiger partial charge in [0.15, 0.2) is 0 Å². The van der Waals surface area contributed by atoms with Crippen molar-refractivity contribution in [3.63, 3.8) is 0 Å². The highest BCUT2D eigenvalue weighted by Crippen LogP contribution is 2.33. The van der Waals surface area contributed by atoms with Gasteiger partial charge in [-0.25, -0.2) is 4.39 Å². The van der Waals surface area contributed by atoms with Crippen molar-refractivity contribution in [3.8, 4) is 0 Å². The molecule has 2 N–H and O–H groups in total. The van der Waals surface area contributed by atoms with Crippen molar-refractivity contribution >= 4 is 23.2 Å². The van der Waals surface area contributed by atoms with Crippen molar-refractivity contribution in [1.29, 1.82) is 0 Å². The number of nitrogens with one attached hydrogen (secondary N) is 2. The highest BCUT2D eigenvalue weighted by Gasteiger charge is 2.37. The third kappa shape index (κ3) is 3.30. The predicted octanol–water partition coefficient (Wildman–Crippen LogP) is 3.44. The predicted molar refractivity (Wildman–Crippen MR) is 79.4 cm³/mol. The maximum Gasteiger partial charge on any atom is 0.230 e. The number of hydrogen-bond donors (Lipinski definition) is 2. The monoisotopic (exact) mass is 298 g/mol. The molecular weight excluding hydrogens is 279 g/mol. The molecule has 1 aromatic carbocycles. The van der Waals surface area contributed by atoms with E-state index in [0.29, 0.717) is 5.69 Å². The summed E-state index contributed by atoms with van der Waals surface area (Å²) in [6.45, 7) is 5.73. The summed E-state index contributed by atoms with van der Waals surface area (Å²) in [6.07, 6.45) is 2.11. The first-order valence-corrected chi connectivity index (χ1v) is 7.26. The largest absolute Gasteiger partial charge is 0.326 e. The maximum atomic E-state index is 13.4. The van der Waals surface area contributed by atoms with Crippen LogP contribution in [0.15, 0.2) is 18.2 Å². The van der Waals surface area contributed by atoms with Gasteiger partial charge in [-0.3, -0.25) is 4.79 Å². The molecule has 0 bridgehead atoms. The van der Waals surface area contributed by atoms with Crippen LogP contribution in [0.25, 0.3) is 0 Å². The average Bonchev–Trinajstić information content (AvgIpc) is 2.44. The van der Waals surface area contributed by atoms with Gasteiger partial charge in [-0.15, -0.1) is 0 Å². The third-order valence-electron chi connectivity index (χ3n) is 4.08. The second-order valence-electron chi connectivity index (χ2n) is 5.85. The molecule has 1 heterocycles. The van der Waals surface area contributed by atoms with Gasteiger partial charge >= 0.3 is 0 Å². The summed E-state index contributed by atoms with van der Waals surface area (Å²) in [6, 6.07) is 4.30. The fourth-order valence-corrected chi connectivity index (χ4v) is 2.64. The number of amides is 1. The standard InChI is InChI=1S/C15H20ClFN2O/c1-15(2,10-4-3-7-18-9-10)14(20)19-11-5-6-12(16)13(17)8-11/h5-6,8,10,18H,3-4,7,9H2,1-2H3,(H,19,20). The molecule has 0 spiro atoms. The number of piperidine rings is 1. The van der Waals surface area contributed by atoms with Crippen LogP contribution in [0.3, 0.4) is 0 Å². The average molecular weight is 299 g/mol. The second kappa shape index (κ2) is 6.10. The Morgan fingerprint density at radius 2 is 2.25 bits per heavy atom. The molecular formula is C15H20ClFN2O. The van der Waals surface area contributed by atoms with Crippen LogP contribution in [0.4, 0.5) is 10.1 Å². The SMILES string of the molecule is CC(C)(C(=O)Nc1ccc(Cl)c(F)c1)C1CCCNC1. The molecule has 1 atom stereocenters. The van der Waals surface area contributed by atoms with E-state index in [-0.39, 0.29) is 16.8 Å². The zero-order valence-electron chi connectivity index (χ0n) is 11.8. The van der Waals surface area contributed by atoms with Crippen molar-refractivity contribution in [2.45, 2.75) is 26.7 Å². The summed E-state index contributed by atoms with van der Waals surface area (Å²) >= 11 is 5.63. The number of rotatable bonds is 3. The Morgan fingerprint density at radius 1 is 1.50 bits per heavy atom. The van der Waals surface area contributed by atoms with Crippen LogP contribution in [0.2, 0.25) is 5.02 Å². The van der Waals surface area contributed by atoms with Crippen LogP contribution >= 0.6 is 11.6 Å². The molecule has 3 nitrogen and oxygen atoms in total. The van der Waals surface area contributed by atoms with Crippen LogP contribution in [0, 0.1) is 17.2 Å². The normalized spacial score (nSPS) is 19.7. The Kier molecular flexibility index (Phi) is 4.66. The minimum atomic E-state index is -0.526. The van der Waals surface area contributed by atoms with Crippen molar-refractivity contribution in [2.24, 2.45) is 11.3 Å². The van der Waals surface area contributed by atoms with Gasteiger partial charge in [0.25, 0.3) is 0 Å². The van der Waals surface area contributed by atoms with Crippen LogP contribution < -0.4 is 10.6 Å². The van der Waals surface area contributed by atoms with E-state index in [1.165, 1.54) is 12.1 Å². The Bertz CT molecular complexity index is 499. The number of hydrogen-bond acceptors (Lipinski definition) is 2. The quantitative estimate of drug-likeness (QED) is 0.897. The Labute approximate surface area is 123 Å². The molecule has 1 unspecified atom stereocenters. The van der Waals surface area contributed by atoms with E-state index >= 15 is 0 Å². The Hall–Kier alpha value is -1.13. The third-order valence-corrected chi connectivity index (χ3v) is 4.39. The first kappa shape index (κ1) is 15.3. The maximum absolute atomic E-state index is 13.4. The molecule has 0 aliphatic carbocycles. The molecule has 0 aromatic heterocycles. The van der Waals surface area contributed by atoms with E-state index in [1.54, 1.807) is 6.07 Å². The summed E-state index contributed by atoms with van der Waals surface area (Å²) < 4.78 is 13.4. The second-order valence-corrected chi connectivity index (χ2v) is 6.26. The van der Waals surface area contributed by atoms with Crippen molar-refractivity contribution in [1.82, 2.24) is 5.32 Å². The van der Waals surface area contributed by atoms with Crippen molar-refractivity contribution < 1.29 is 9.18 Å². The van der Waals surface area contributed by atoms with Gasteiger partial charge in [-0.2, -0.15) is 0 Å². The Morgan fingerprint density at radius 3 is 2.85 bits per heavy atom. The summed E-state index contributed by atoms with van der Waals surface area (Å²) in [7, 11) is 0. The van der Waals surface area contributed by atoms with Gasteiger partial charge in [0, 0.05) is 11.1 Å². The van der Waals surface area contributed by atoms with E-state index in [0.717, 1.165) is 25.9 Å². The highest BCUT2D eigenvalue weighted by molar-refractivity contribution is 6.30. The molecule has 1 aliphatic heterocycles. The lowest BCUT2D eigenvalue weighted by atomic mass is 9.74. The van der Waals surface area contributed by atoms with Gasteiger partial charge in [0.1, 0.15) is 5.82 Å². The van der Waals surface area contributed by atoms with Crippen LogP contribution in [0.1, 0.15) is 26.7 Å². The van der Waals surface area contributed by atoms with E-state index < -0.39 is 11.2 Å². The van der Waals surface area contributed by atoms with Crippen LogP contribution in [-0.4, -0.2) is 19.0 Å². The number of halogens is 2. The summed E-state index contributed by atoms with van der Waals surface area (Å²) in [5.41, 5.74) is -0.0578. The molecule has 20 heavy (non-hydrogen) atoms. The number of benzene rings is 1. The lowest BCUT2D eigenvalue weighted by Crippen LogP contribution is -2.44. The number of anilines is 1. The van der Waals surface area contributed by atoms with Crippen LogP contribution in [0.5, 0.6) is 0 Å². The molecule has 2 rings (SSSR count). The van der Waals surface area contributed by atoms with Gasteiger partial charge in [-0.1, -0.05) is 25.4 Å². The summed E-state index contributed by atoms with van der Waals surface area (Å²) in [5, 5.41) is 6.16. The zero-order valence-corrected chi connectivity index (χ0v) is 12.6. The lowest BCUT2D eigenvalue weighted by Gasteiger charge is -2.36. The summed E-state index contributed by atoms with van der Waals surface area (Å²) in [4.78, 5) is 12.4. The zero-order chi connectivity index (χ0) is 14.8. The highest BCUT2D eigenvalue weighted by atomic mass is 35.5. The van der Waals surface area contributed by atoms with Gasteiger partial charge < -0.3 is 10.6 Å². The molecule has 1 aromatic rings. The van der Waals surface area contributed by atoms with E-state index in [1.807, 2.05) is 13.8 Å². The minimum absolute atomic E-state index is 0.0544. The lowest BCUT2D eigenvalue weighted by molar-refractivity contribution is -0.127. The fraction of sp³-hybridized carbons (Fsp3) is 0.533. The first-order valence-electron chi connectivity index (χ1n) is 6.88. The van der Waals surface area contributed by atoms with Gasteiger partial charge in [0.2, 0.25) is 5.91 Å². The van der Waals surface area contributed by atoms with Crippen molar-refractivity contribution in [3.05, 3.63) is 29.0 Å². The van der Waals surface area contributed by atoms with Crippen molar-refractivity contribution in [2.75, 3.05) is 18.4 Å². The molecule has 1 aliphatic rings. The Balaban J connectivity index is 2.07.